The number of unbranched alkanes of at least 4 members (excludes halogenated alkanes) is 6. The molecule has 0 radical (unpaired) electrons. The van der Waals surface area contributed by atoms with Crippen molar-refractivity contribution >= 4 is 23.7 Å². The molecule has 6 heteroatoms. The van der Waals surface area contributed by atoms with Crippen molar-refractivity contribution in [1.29, 1.82) is 0 Å². The van der Waals surface area contributed by atoms with E-state index < -0.39 is 18.0 Å². The van der Waals surface area contributed by atoms with Crippen molar-refractivity contribution in [2.75, 3.05) is 5.75 Å². The molecular formula is C20H30O5S. The number of carbonyl (C=O) groups is 2. The van der Waals surface area contributed by atoms with Gasteiger partial charge in [0.15, 0.2) is 6.10 Å². The van der Waals surface area contributed by atoms with Crippen molar-refractivity contribution in [3.63, 3.8) is 0 Å². The third kappa shape index (κ3) is 9.70. The molecule has 26 heavy (non-hydrogen) atoms. The largest absolute Gasteiger partial charge is 0.481 e. The molecule has 0 aliphatic rings. The summed E-state index contributed by atoms with van der Waals surface area (Å²) in [5, 5.41) is 17.7. The van der Waals surface area contributed by atoms with Crippen LogP contribution < -0.4 is 4.74 Å². The summed E-state index contributed by atoms with van der Waals surface area (Å²) in [6.45, 7) is 1.80. The molecule has 1 aromatic carbocycles. The fourth-order valence-electron chi connectivity index (χ4n) is 2.57. The molecular weight excluding hydrogens is 352 g/mol. The number of ether oxygens (including phenoxy) is 1. The average molecular weight is 383 g/mol. The minimum atomic E-state index is -0.935. The molecule has 5 nitrogen and oxygen atoms in total. The van der Waals surface area contributed by atoms with Gasteiger partial charge in [0.2, 0.25) is 0 Å². The van der Waals surface area contributed by atoms with Crippen molar-refractivity contribution in [3.05, 3.63) is 24.3 Å². The molecule has 0 spiro atoms. The molecule has 0 aliphatic heterocycles. The molecule has 1 atom stereocenters. The van der Waals surface area contributed by atoms with Crippen LogP contribution in [-0.2, 0) is 9.59 Å². The normalized spacial score (nSPS) is 11.9. The molecule has 0 saturated heterocycles. The predicted octanol–water partition coefficient (Wildman–Crippen LogP) is 5.23. The summed E-state index contributed by atoms with van der Waals surface area (Å²) in [6, 6.07) is 7.59. The smallest absolute Gasteiger partial charge is 0.344 e. The Morgan fingerprint density at radius 1 is 1.00 bits per heavy atom. The summed E-state index contributed by atoms with van der Waals surface area (Å²) in [7, 11) is 0. The minimum absolute atomic E-state index is 0.277. The van der Waals surface area contributed by atoms with E-state index in [0.29, 0.717) is 12.2 Å². The van der Waals surface area contributed by atoms with E-state index in [1.807, 2.05) is 24.3 Å². The molecule has 146 valence electrons. The van der Waals surface area contributed by atoms with Gasteiger partial charge in [0.05, 0.1) is 0 Å². The number of thioether (sulfide) groups is 1. The standard InChI is InChI=1S/C20H30O5S/c1-2-16(20(23)24)25-17-12-9-10-13-18(17)26-15-11-7-5-3-4-6-8-14-19(21)22/h9-10,12-13,16H,2-8,11,14-15H2,1H3,(H,21,22)(H,23,24). The van der Waals surface area contributed by atoms with Crippen LogP contribution in [0.15, 0.2) is 29.2 Å². The number of hydrogen-bond donors (Lipinski definition) is 2. The lowest BCUT2D eigenvalue weighted by atomic mass is 10.1. The fourth-order valence-corrected chi connectivity index (χ4v) is 3.57. The molecule has 1 rings (SSSR count). The number of carboxylic acid groups (broad SMARTS) is 2. The van der Waals surface area contributed by atoms with Crippen molar-refractivity contribution in [1.82, 2.24) is 0 Å². The van der Waals surface area contributed by atoms with Crippen LogP contribution in [0.5, 0.6) is 5.75 Å². The molecule has 0 heterocycles. The topological polar surface area (TPSA) is 83.8 Å². The van der Waals surface area contributed by atoms with Crippen LogP contribution in [0.4, 0.5) is 0 Å². The third-order valence-corrected chi connectivity index (χ3v) is 5.20. The van der Waals surface area contributed by atoms with E-state index in [4.69, 9.17) is 14.9 Å². The van der Waals surface area contributed by atoms with Crippen molar-refractivity contribution in [2.45, 2.75) is 75.7 Å². The summed E-state index contributed by atoms with van der Waals surface area (Å²) in [4.78, 5) is 22.5. The predicted molar refractivity (Wildman–Crippen MR) is 104 cm³/mol. The van der Waals surface area contributed by atoms with Gasteiger partial charge in [-0.3, -0.25) is 4.79 Å². The summed E-state index contributed by atoms with van der Waals surface area (Å²) < 4.78 is 5.64. The fraction of sp³-hybridized carbons (Fsp3) is 0.600. The highest BCUT2D eigenvalue weighted by Gasteiger charge is 2.18. The monoisotopic (exact) mass is 382 g/mol. The summed E-state index contributed by atoms with van der Waals surface area (Å²) >= 11 is 1.70. The minimum Gasteiger partial charge on any atom is -0.481 e. The Morgan fingerprint density at radius 2 is 1.62 bits per heavy atom. The second-order valence-corrected chi connectivity index (χ2v) is 7.40. The van der Waals surface area contributed by atoms with Crippen LogP contribution >= 0.6 is 11.8 Å². The van der Waals surface area contributed by atoms with E-state index >= 15 is 0 Å². The van der Waals surface area contributed by atoms with Gasteiger partial charge in [-0.1, -0.05) is 51.2 Å². The molecule has 0 aromatic heterocycles. The van der Waals surface area contributed by atoms with Crippen LogP contribution in [0.1, 0.15) is 64.7 Å². The Morgan fingerprint density at radius 3 is 2.23 bits per heavy atom. The van der Waals surface area contributed by atoms with Gasteiger partial charge in [0.1, 0.15) is 5.75 Å². The zero-order valence-electron chi connectivity index (χ0n) is 15.5. The highest BCUT2D eigenvalue weighted by Crippen LogP contribution is 2.31. The number of benzene rings is 1. The van der Waals surface area contributed by atoms with Crippen LogP contribution in [0.2, 0.25) is 0 Å². The molecule has 0 fully saturated rings. The Kier molecular flexibility index (Phi) is 11.6. The summed E-state index contributed by atoms with van der Waals surface area (Å²) in [5.41, 5.74) is 0. The number of carboxylic acids is 2. The van der Waals surface area contributed by atoms with Crippen LogP contribution in [0.25, 0.3) is 0 Å². The molecule has 1 unspecified atom stereocenters. The van der Waals surface area contributed by atoms with E-state index in [9.17, 15) is 9.59 Å². The van der Waals surface area contributed by atoms with Crippen molar-refractivity contribution in [2.24, 2.45) is 0 Å². The van der Waals surface area contributed by atoms with E-state index in [1.54, 1.807) is 18.7 Å². The molecule has 0 bridgehead atoms. The number of para-hydroxylation sites is 1. The van der Waals surface area contributed by atoms with Gasteiger partial charge >= 0.3 is 11.9 Å². The van der Waals surface area contributed by atoms with E-state index in [1.165, 1.54) is 6.42 Å². The van der Waals surface area contributed by atoms with E-state index in [-0.39, 0.29) is 6.42 Å². The van der Waals surface area contributed by atoms with Crippen molar-refractivity contribution < 1.29 is 24.5 Å². The Hall–Kier alpha value is -1.69. The maximum atomic E-state index is 11.1. The van der Waals surface area contributed by atoms with Gasteiger partial charge in [0.25, 0.3) is 0 Å². The van der Waals surface area contributed by atoms with Crippen molar-refractivity contribution in [3.8, 4) is 5.75 Å². The van der Waals surface area contributed by atoms with E-state index in [2.05, 4.69) is 0 Å². The summed E-state index contributed by atoms with van der Waals surface area (Å²) in [5.74, 6) is -0.0239. The first-order valence-electron chi connectivity index (χ1n) is 9.37. The number of hydrogen-bond acceptors (Lipinski definition) is 4. The quantitative estimate of drug-likeness (QED) is 0.319. The second kappa shape index (κ2) is 13.5. The Bertz CT molecular complexity index is 547. The molecule has 1 aromatic rings. The lowest BCUT2D eigenvalue weighted by Gasteiger charge is -2.16. The van der Waals surface area contributed by atoms with Crippen LogP contribution in [0, 0.1) is 0 Å². The van der Waals surface area contributed by atoms with Gasteiger partial charge in [-0.15, -0.1) is 11.8 Å². The maximum Gasteiger partial charge on any atom is 0.344 e. The zero-order valence-corrected chi connectivity index (χ0v) is 16.3. The first-order chi connectivity index (χ1) is 12.5. The first kappa shape index (κ1) is 22.4. The van der Waals surface area contributed by atoms with Crippen LogP contribution in [-0.4, -0.2) is 34.0 Å². The molecule has 0 amide bonds. The molecule has 0 aliphatic carbocycles. The van der Waals surface area contributed by atoms with Gasteiger partial charge in [-0.25, -0.2) is 4.79 Å². The number of rotatable bonds is 15. The van der Waals surface area contributed by atoms with Crippen LogP contribution in [0.3, 0.4) is 0 Å². The van der Waals surface area contributed by atoms with Gasteiger partial charge < -0.3 is 14.9 Å². The van der Waals surface area contributed by atoms with Gasteiger partial charge in [-0.2, -0.15) is 0 Å². The molecule has 2 N–H and O–H groups in total. The third-order valence-electron chi connectivity index (χ3n) is 4.06. The highest BCUT2D eigenvalue weighted by molar-refractivity contribution is 7.99. The van der Waals surface area contributed by atoms with Gasteiger partial charge in [0, 0.05) is 11.3 Å². The zero-order chi connectivity index (χ0) is 19.2. The maximum absolute atomic E-state index is 11.1. The SMILES string of the molecule is CCC(Oc1ccccc1SCCCCCCCCCC(=O)O)C(=O)O. The lowest BCUT2D eigenvalue weighted by molar-refractivity contribution is -0.145. The Labute approximate surface area is 160 Å². The average Bonchev–Trinajstić information content (AvgIpc) is 2.61. The lowest BCUT2D eigenvalue weighted by Crippen LogP contribution is -2.26. The first-order valence-corrected chi connectivity index (χ1v) is 10.4. The van der Waals surface area contributed by atoms with E-state index in [0.717, 1.165) is 49.2 Å². The summed E-state index contributed by atoms with van der Waals surface area (Å²) in [6.07, 6.45) is 7.35. The second-order valence-electron chi connectivity index (χ2n) is 6.27. The molecule has 0 saturated carbocycles. The Balaban J connectivity index is 2.21. The number of aliphatic carboxylic acids is 2. The van der Waals surface area contributed by atoms with Gasteiger partial charge in [-0.05, 0) is 37.1 Å². The highest BCUT2D eigenvalue weighted by atomic mass is 32.2.